The summed E-state index contributed by atoms with van der Waals surface area (Å²) in [5, 5.41) is 2.15. The predicted octanol–water partition coefficient (Wildman–Crippen LogP) is 0.725. The Morgan fingerprint density at radius 3 is 2.81 bits per heavy atom. The lowest BCUT2D eigenvalue weighted by atomic mass is 10.1. The number of rotatable bonds is 4. The summed E-state index contributed by atoms with van der Waals surface area (Å²) in [6.07, 6.45) is -0.579. The Labute approximate surface area is 120 Å². The predicted molar refractivity (Wildman–Crippen MR) is 68.9 cm³/mol. The molecule has 1 heterocycles. The Kier molecular flexibility index (Phi) is 4.52. The highest BCUT2D eigenvalue weighted by atomic mass is 19.1. The lowest BCUT2D eigenvalue weighted by Crippen LogP contribution is -2.46. The molecular weight excluding hydrogens is 281 g/mol. The van der Waals surface area contributed by atoms with E-state index in [0.29, 0.717) is 0 Å². The van der Waals surface area contributed by atoms with E-state index in [1.807, 2.05) is 0 Å². The highest BCUT2D eigenvalue weighted by molar-refractivity contribution is 5.99. The number of carbonyl (C=O) groups excluding carboxylic acids is 3. The normalized spacial score (nSPS) is 18.1. The third-order valence-corrected chi connectivity index (χ3v) is 3.05. The molecule has 1 unspecified atom stereocenters. The first-order chi connectivity index (χ1) is 9.99. The van der Waals surface area contributed by atoms with Gasteiger partial charge in [0, 0.05) is 18.9 Å². The van der Waals surface area contributed by atoms with Crippen LogP contribution in [0.25, 0.3) is 0 Å². The summed E-state index contributed by atoms with van der Waals surface area (Å²) in [6.45, 7) is 0. The molecule has 1 fully saturated rings. The van der Waals surface area contributed by atoms with E-state index in [-0.39, 0.29) is 36.5 Å². The molecule has 1 N–H and O–H groups in total. The van der Waals surface area contributed by atoms with Crippen molar-refractivity contribution in [2.45, 2.75) is 25.4 Å². The van der Waals surface area contributed by atoms with E-state index in [4.69, 9.17) is 4.74 Å². The molecule has 21 heavy (non-hydrogen) atoms. The summed E-state index contributed by atoms with van der Waals surface area (Å²) in [6, 6.07) is 3.96. The number of ether oxygens (including phenoxy) is 2. The number of nitrogens with one attached hydrogen (secondary N) is 1. The van der Waals surface area contributed by atoms with E-state index in [2.05, 4.69) is 10.1 Å². The van der Waals surface area contributed by atoms with Gasteiger partial charge in [-0.2, -0.15) is 0 Å². The van der Waals surface area contributed by atoms with E-state index < -0.39 is 23.8 Å². The average Bonchev–Trinajstić information content (AvgIpc) is 2.44. The SMILES string of the molecule is COC(=O)Cc1ccc(OC2CCC(=O)NC2=O)cc1F. The molecule has 112 valence electrons. The second-order valence-electron chi connectivity index (χ2n) is 4.56. The van der Waals surface area contributed by atoms with Gasteiger partial charge < -0.3 is 9.47 Å². The monoisotopic (exact) mass is 295 g/mol. The second kappa shape index (κ2) is 6.34. The van der Waals surface area contributed by atoms with Gasteiger partial charge in [-0.05, 0) is 11.6 Å². The number of amides is 2. The van der Waals surface area contributed by atoms with Gasteiger partial charge >= 0.3 is 5.97 Å². The van der Waals surface area contributed by atoms with Crippen molar-refractivity contribution in [3.63, 3.8) is 0 Å². The van der Waals surface area contributed by atoms with Crippen LogP contribution in [0.15, 0.2) is 18.2 Å². The fraction of sp³-hybridized carbons (Fsp3) is 0.357. The van der Waals surface area contributed by atoms with E-state index in [9.17, 15) is 18.8 Å². The summed E-state index contributed by atoms with van der Waals surface area (Å²) in [4.78, 5) is 33.6. The lowest BCUT2D eigenvalue weighted by molar-refractivity contribution is -0.140. The van der Waals surface area contributed by atoms with Gasteiger partial charge in [-0.25, -0.2) is 4.39 Å². The van der Waals surface area contributed by atoms with E-state index in [1.165, 1.54) is 19.2 Å². The van der Waals surface area contributed by atoms with Gasteiger partial charge in [0.1, 0.15) is 11.6 Å². The Morgan fingerprint density at radius 2 is 2.19 bits per heavy atom. The van der Waals surface area contributed by atoms with Gasteiger partial charge in [0.25, 0.3) is 5.91 Å². The van der Waals surface area contributed by atoms with Crippen LogP contribution in [0, 0.1) is 5.82 Å². The molecule has 0 saturated carbocycles. The molecule has 1 aliphatic heterocycles. The minimum absolute atomic E-state index is 0.163. The smallest absolute Gasteiger partial charge is 0.310 e. The first-order valence-electron chi connectivity index (χ1n) is 6.35. The second-order valence-corrected chi connectivity index (χ2v) is 4.56. The van der Waals surface area contributed by atoms with Crippen molar-refractivity contribution in [2.24, 2.45) is 0 Å². The standard InChI is InChI=1S/C14H14FNO5/c1-20-13(18)6-8-2-3-9(7-10(8)15)21-11-4-5-12(17)16-14(11)19/h2-3,7,11H,4-6H2,1H3,(H,16,17,19). The number of piperidine rings is 1. The minimum atomic E-state index is -0.825. The zero-order valence-electron chi connectivity index (χ0n) is 11.3. The highest BCUT2D eigenvalue weighted by Gasteiger charge is 2.28. The van der Waals surface area contributed by atoms with Gasteiger partial charge in [0.05, 0.1) is 13.5 Å². The Bertz CT molecular complexity index is 587. The summed E-state index contributed by atoms with van der Waals surface area (Å²) in [5.74, 6) is -1.89. The maximum Gasteiger partial charge on any atom is 0.310 e. The topological polar surface area (TPSA) is 81.7 Å². The van der Waals surface area contributed by atoms with E-state index >= 15 is 0 Å². The van der Waals surface area contributed by atoms with E-state index in [0.717, 1.165) is 6.07 Å². The van der Waals surface area contributed by atoms with Crippen LogP contribution in [0.3, 0.4) is 0 Å². The molecule has 1 aromatic carbocycles. The quantitative estimate of drug-likeness (QED) is 0.654. The molecule has 0 aromatic heterocycles. The number of methoxy groups -OCH3 is 1. The van der Waals surface area contributed by atoms with Crippen molar-refractivity contribution >= 4 is 17.8 Å². The maximum atomic E-state index is 13.8. The number of benzene rings is 1. The Hall–Kier alpha value is -2.44. The van der Waals surface area contributed by atoms with Crippen LogP contribution in [0.4, 0.5) is 4.39 Å². The number of hydrogen-bond donors (Lipinski definition) is 1. The third kappa shape index (κ3) is 3.77. The first kappa shape index (κ1) is 15.0. The van der Waals surface area contributed by atoms with Crippen LogP contribution in [0.2, 0.25) is 0 Å². The minimum Gasteiger partial charge on any atom is -0.480 e. The van der Waals surface area contributed by atoms with Gasteiger partial charge in [-0.15, -0.1) is 0 Å². The van der Waals surface area contributed by atoms with Gasteiger partial charge in [0.2, 0.25) is 5.91 Å². The molecule has 1 saturated heterocycles. The average molecular weight is 295 g/mol. The van der Waals surface area contributed by atoms with Crippen molar-refractivity contribution in [2.75, 3.05) is 7.11 Å². The Morgan fingerprint density at radius 1 is 1.43 bits per heavy atom. The summed E-state index contributed by atoms with van der Waals surface area (Å²) < 4.78 is 23.6. The van der Waals surface area contributed by atoms with Crippen molar-refractivity contribution in [1.82, 2.24) is 5.32 Å². The zero-order valence-corrected chi connectivity index (χ0v) is 11.3. The molecule has 0 aliphatic carbocycles. The van der Waals surface area contributed by atoms with Crippen molar-refractivity contribution in [3.8, 4) is 5.75 Å². The van der Waals surface area contributed by atoms with Crippen molar-refractivity contribution in [1.29, 1.82) is 0 Å². The summed E-state index contributed by atoms with van der Waals surface area (Å²) in [5.41, 5.74) is 0.178. The van der Waals surface area contributed by atoms with Crippen LogP contribution < -0.4 is 10.1 Å². The van der Waals surface area contributed by atoms with Crippen LogP contribution in [0.1, 0.15) is 18.4 Å². The van der Waals surface area contributed by atoms with Crippen molar-refractivity contribution in [3.05, 3.63) is 29.6 Å². The van der Waals surface area contributed by atoms with Crippen molar-refractivity contribution < 1.29 is 28.2 Å². The molecule has 0 spiro atoms. The van der Waals surface area contributed by atoms with Crippen LogP contribution >= 0.6 is 0 Å². The van der Waals surface area contributed by atoms with Crippen LogP contribution in [-0.4, -0.2) is 31.0 Å². The third-order valence-electron chi connectivity index (χ3n) is 3.05. The van der Waals surface area contributed by atoms with Crippen LogP contribution in [0.5, 0.6) is 5.75 Å². The molecule has 1 aliphatic rings. The fourth-order valence-electron chi connectivity index (χ4n) is 1.92. The maximum absolute atomic E-state index is 13.8. The molecule has 6 nitrogen and oxygen atoms in total. The van der Waals surface area contributed by atoms with Gasteiger partial charge in [-0.1, -0.05) is 6.07 Å². The number of hydrogen-bond acceptors (Lipinski definition) is 5. The largest absolute Gasteiger partial charge is 0.480 e. The zero-order chi connectivity index (χ0) is 15.4. The molecular formula is C14H14FNO5. The fourth-order valence-corrected chi connectivity index (χ4v) is 1.92. The van der Waals surface area contributed by atoms with Gasteiger partial charge in [0.15, 0.2) is 6.10 Å². The number of imide groups is 1. The highest BCUT2D eigenvalue weighted by Crippen LogP contribution is 2.20. The first-order valence-corrected chi connectivity index (χ1v) is 6.35. The molecule has 1 aromatic rings. The summed E-state index contributed by atoms with van der Waals surface area (Å²) in [7, 11) is 1.22. The molecule has 2 rings (SSSR count). The molecule has 7 heteroatoms. The molecule has 2 amide bonds. The Balaban J connectivity index is 2.05. The number of halogens is 1. The number of carbonyl (C=O) groups is 3. The molecule has 1 atom stereocenters. The van der Waals surface area contributed by atoms with E-state index in [1.54, 1.807) is 0 Å². The van der Waals surface area contributed by atoms with Gasteiger partial charge in [-0.3, -0.25) is 19.7 Å². The molecule has 0 bridgehead atoms. The molecule has 0 radical (unpaired) electrons. The van der Waals surface area contributed by atoms with Crippen LogP contribution in [-0.2, 0) is 25.5 Å². The lowest BCUT2D eigenvalue weighted by Gasteiger charge is -2.22. The number of esters is 1. The summed E-state index contributed by atoms with van der Waals surface area (Å²) >= 11 is 0.